The highest BCUT2D eigenvalue weighted by molar-refractivity contribution is 6.15. The second-order valence-electron chi connectivity index (χ2n) is 24.8. The molecule has 0 N–H and O–H groups in total. The van der Waals surface area contributed by atoms with Crippen LogP contribution in [-0.4, -0.2) is 46.3 Å². The van der Waals surface area contributed by atoms with E-state index in [1.807, 2.05) is 0 Å². The van der Waals surface area contributed by atoms with Gasteiger partial charge in [-0.3, -0.25) is 17.6 Å². The summed E-state index contributed by atoms with van der Waals surface area (Å²) in [5.41, 5.74) is 26.1. The van der Waals surface area contributed by atoms with Gasteiger partial charge in [-0.2, -0.15) is 0 Å². The first-order valence-electron chi connectivity index (χ1n) is 29.1. The lowest BCUT2D eigenvalue weighted by Crippen LogP contribution is -2.16. The summed E-state index contributed by atoms with van der Waals surface area (Å²) < 4.78 is 14.1. The molecule has 84 heavy (non-hydrogen) atoms. The van der Waals surface area contributed by atoms with Gasteiger partial charge < -0.3 is 0 Å². The minimum Gasteiger partial charge on any atom is -0.276 e. The SMILES string of the molecule is CC1(C)c2ccccc2-c2c1cc1c3c2n2c4cc5ccccc5cc4nc2n3c2nc3cc4ccccc4cc3n12.CC1(C)c2ccccc2-c2cc3c4c(c21)n1c2cc5ccccc5cc2nc1n4c1nc2cc4ccccc4cc2n31. The number of rotatable bonds is 0. The Morgan fingerprint density at radius 2 is 0.607 bits per heavy atom. The summed E-state index contributed by atoms with van der Waals surface area (Å²) in [7, 11) is 0. The van der Waals surface area contributed by atoms with Crippen molar-refractivity contribution in [1.29, 1.82) is 0 Å². The predicted molar refractivity (Wildman–Crippen MR) is 342 cm³/mol. The molecular formula is C74H46N10. The topological polar surface area (TPSA) is 78.0 Å². The van der Waals surface area contributed by atoms with Crippen molar-refractivity contribution in [2.45, 2.75) is 38.5 Å². The first-order chi connectivity index (χ1) is 41.2. The number of hydrogen-bond donors (Lipinski definition) is 0. The van der Waals surface area contributed by atoms with E-state index in [1.54, 1.807) is 0 Å². The third-order valence-electron chi connectivity index (χ3n) is 19.8. The van der Waals surface area contributed by atoms with E-state index in [0.717, 1.165) is 67.2 Å². The van der Waals surface area contributed by atoms with E-state index < -0.39 is 0 Å². The zero-order valence-corrected chi connectivity index (χ0v) is 46.1. The third-order valence-corrected chi connectivity index (χ3v) is 19.8. The highest BCUT2D eigenvalue weighted by Gasteiger charge is 2.42. The van der Waals surface area contributed by atoms with Crippen molar-refractivity contribution in [2.24, 2.45) is 0 Å². The molecule has 2 aliphatic carbocycles. The quantitative estimate of drug-likeness (QED) is 0.152. The van der Waals surface area contributed by atoms with Crippen LogP contribution in [-0.2, 0) is 10.8 Å². The molecule has 22 rings (SSSR count). The van der Waals surface area contributed by atoms with Crippen LogP contribution in [0.1, 0.15) is 49.9 Å². The van der Waals surface area contributed by atoms with E-state index in [9.17, 15) is 0 Å². The van der Waals surface area contributed by atoms with Crippen LogP contribution < -0.4 is 0 Å². The van der Waals surface area contributed by atoms with Gasteiger partial charge in [0.05, 0.1) is 66.2 Å². The van der Waals surface area contributed by atoms with Gasteiger partial charge in [0.2, 0.25) is 23.1 Å². The van der Waals surface area contributed by atoms with Crippen LogP contribution in [0.4, 0.5) is 0 Å². The van der Waals surface area contributed by atoms with Gasteiger partial charge in [-0.25, -0.2) is 28.7 Å². The van der Waals surface area contributed by atoms with Crippen LogP contribution in [0, 0.1) is 0 Å². The maximum Gasteiger partial charge on any atom is 0.223 e. The molecule has 8 heterocycles. The maximum absolute atomic E-state index is 5.33. The highest BCUT2D eigenvalue weighted by atomic mass is 15.3. The van der Waals surface area contributed by atoms with Gasteiger partial charge >= 0.3 is 0 Å². The van der Waals surface area contributed by atoms with E-state index in [0.29, 0.717) is 0 Å². The van der Waals surface area contributed by atoms with Crippen LogP contribution in [0.2, 0.25) is 0 Å². The maximum atomic E-state index is 5.33. The molecule has 0 amide bonds. The Bertz CT molecular complexity index is 6430. The summed E-state index contributed by atoms with van der Waals surface area (Å²) in [4.78, 5) is 21.2. The van der Waals surface area contributed by atoms with E-state index >= 15 is 0 Å². The lowest BCUT2D eigenvalue weighted by molar-refractivity contribution is 0.661. The lowest BCUT2D eigenvalue weighted by Gasteiger charge is -2.22. The van der Waals surface area contributed by atoms with Crippen molar-refractivity contribution in [2.75, 3.05) is 0 Å². The van der Waals surface area contributed by atoms with E-state index in [-0.39, 0.29) is 10.8 Å². The number of benzene rings is 12. The smallest absolute Gasteiger partial charge is 0.223 e. The minimum atomic E-state index is -0.167. The predicted octanol–water partition coefficient (Wildman–Crippen LogP) is 17.5. The van der Waals surface area contributed by atoms with Crippen LogP contribution in [0.5, 0.6) is 0 Å². The highest BCUT2D eigenvalue weighted by Crippen LogP contribution is 2.56. The molecule has 0 saturated heterocycles. The summed E-state index contributed by atoms with van der Waals surface area (Å²) in [6.45, 7) is 9.46. The Kier molecular flexibility index (Phi) is 7.54. The van der Waals surface area contributed by atoms with Gasteiger partial charge in [-0.05, 0) is 143 Å². The zero-order valence-electron chi connectivity index (χ0n) is 46.1. The summed E-state index contributed by atoms with van der Waals surface area (Å²) in [6.07, 6.45) is 0. The second kappa shape index (κ2) is 14.4. The van der Waals surface area contributed by atoms with Gasteiger partial charge in [0, 0.05) is 16.4 Å². The Morgan fingerprint density at radius 3 is 1.07 bits per heavy atom. The molecule has 12 aromatic carbocycles. The van der Waals surface area contributed by atoms with Crippen molar-refractivity contribution >= 4 is 143 Å². The number of aromatic nitrogens is 10. The van der Waals surface area contributed by atoms with E-state index in [2.05, 4.69) is 260 Å². The van der Waals surface area contributed by atoms with Crippen LogP contribution in [0.25, 0.3) is 166 Å². The first-order valence-corrected chi connectivity index (χ1v) is 29.1. The Hall–Kier alpha value is -10.8. The van der Waals surface area contributed by atoms with E-state index in [1.165, 1.54) is 121 Å². The summed E-state index contributed by atoms with van der Waals surface area (Å²) in [6, 6.07) is 75.0. The van der Waals surface area contributed by atoms with Crippen LogP contribution in [0.3, 0.4) is 0 Å². The molecule has 0 spiro atoms. The summed E-state index contributed by atoms with van der Waals surface area (Å²) in [5, 5.41) is 9.69. The van der Waals surface area contributed by atoms with Crippen LogP contribution in [0.15, 0.2) is 206 Å². The Balaban J connectivity index is 0.000000117. The van der Waals surface area contributed by atoms with Crippen molar-refractivity contribution in [3.8, 4) is 22.3 Å². The standard InChI is InChI=1S/2C37H23N5/c1-37(2)26-14-8-7-13-24(26)25-19-31-33-34(32(25)37)41-30-18-23-12-6-4-10-21(23)16-28(30)39-36(41)42(33)35-38-27-15-20-9-3-5-11-22(20)17-29(27)40(31)35;1-37(2)25-14-8-7-13-24(25)32-26(37)19-31-33-34(32)41-30-18-23-12-6-4-10-21(23)16-28(30)39-36(41)42(33)35-38-27-15-20-9-3-5-11-22(20)17-29(27)40(31)35/h2*3-19H,1-2H3. The molecule has 0 atom stereocenters. The third kappa shape index (κ3) is 5.06. The average molecular weight is 1080 g/mol. The van der Waals surface area contributed by atoms with Crippen molar-refractivity contribution in [3.63, 3.8) is 0 Å². The summed E-state index contributed by atoms with van der Waals surface area (Å²) >= 11 is 0. The summed E-state index contributed by atoms with van der Waals surface area (Å²) in [5.74, 6) is 3.64. The fourth-order valence-electron chi connectivity index (χ4n) is 16.0. The number of imidazole rings is 8. The fraction of sp³-hybridized carbons (Fsp3) is 0.0811. The molecule has 10 nitrogen and oxygen atoms in total. The molecule has 0 fully saturated rings. The molecule has 10 heteroatoms. The number of fused-ring (bicyclic) bond motifs is 32. The minimum absolute atomic E-state index is 0.139. The van der Waals surface area contributed by atoms with Crippen molar-refractivity contribution in [1.82, 2.24) is 46.3 Å². The van der Waals surface area contributed by atoms with Gasteiger partial charge in [-0.15, -0.1) is 0 Å². The molecule has 2 aliphatic rings. The molecule has 20 aromatic rings. The number of hydrogen-bond acceptors (Lipinski definition) is 4. The molecule has 0 unspecified atom stereocenters. The van der Waals surface area contributed by atoms with Crippen molar-refractivity contribution < 1.29 is 0 Å². The van der Waals surface area contributed by atoms with Gasteiger partial charge in [0.1, 0.15) is 11.0 Å². The molecule has 0 aliphatic heterocycles. The fourth-order valence-corrected chi connectivity index (χ4v) is 16.0. The molecule has 392 valence electrons. The second-order valence-corrected chi connectivity index (χ2v) is 24.8. The van der Waals surface area contributed by atoms with Gasteiger partial charge in [-0.1, -0.05) is 173 Å². The normalized spacial score (nSPS) is 14.6. The molecule has 0 radical (unpaired) electrons. The molecular weight excluding hydrogens is 1030 g/mol. The van der Waals surface area contributed by atoms with Gasteiger partial charge in [0.25, 0.3) is 0 Å². The zero-order chi connectivity index (χ0) is 55.0. The van der Waals surface area contributed by atoms with Crippen LogP contribution >= 0.6 is 0 Å². The van der Waals surface area contributed by atoms with E-state index in [4.69, 9.17) is 19.9 Å². The average Bonchev–Trinajstić information content (AvgIpc) is 1.53. The van der Waals surface area contributed by atoms with Crippen molar-refractivity contribution in [3.05, 3.63) is 229 Å². The number of nitrogens with zero attached hydrogens (tertiary/aromatic N) is 10. The Labute approximate surface area is 476 Å². The molecule has 0 saturated carbocycles. The largest absolute Gasteiger partial charge is 0.276 e. The Morgan fingerprint density at radius 1 is 0.262 bits per heavy atom. The monoisotopic (exact) mass is 1070 g/mol. The molecule has 8 aromatic heterocycles. The molecule has 0 bridgehead atoms. The first kappa shape index (κ1) is 43.9. The lowest BCUT2D eigenvalue weighted by atomic mass is 9.81. The van der Waals surface area contributed by atoms with Gasteiger partial charge in [0.15, 0.2) is 0 Å².